The van der Waals surface area contributed by atoms with Crippen LogP contribution in [0.25, 0.3) is 0 Å². The third-order valence-corrected chi connectivity index (χ3v) is 3.20. The van der Waals surface area contributed by atoms with Gasteiger partial charge in [0.15, 0.2) is 0 Å². The van der Waals surface area contributed by atoms with Crippen molar-refractivity contribution in [3.63, 3.8) is 0 Å². The summed E-state index contributed by atoms with van der Waals surface area (Å²) in [6, 6.07) is 7.68. The standard InChI is InChI=1S/C16H16F3N/c1-3-20-16(11-5-4-6-12(17)9-11)14-13(18)8-7-10(2)15(14)19/h4-9,16,20H,3H2,1-2H3. The fourth-order valence-corrected chi connectivity index (χ4v) is 2.22. The van der Waals surface area contributed by atoms with E-state index in [1.807, 2.05) is 6.92 Å². The smallest absolute Gasteiger partial charge is 0.134 e. The van der Waals surface area contributed by atoms with Crippen molar-refractivity contribution >= 4 is 0 Å². The van der Waals surface area contributed by atoms with Crippen LogP contribution in [0.2, 0.25) is 0 Å². The molecule has 0 bridgehead atoms. The lowest BCUT2D eigenvalue weighted by Gasteiger charge is -2.21. The van der Waals surface area contributed by atoms with Crippen molar-refractivity contribution in [2.45, 2.75) is 19.9 Å². The molecule has 106 valence electrons. The molecule has 0 aromatic heterocycles. The number of nitrogens with one attached hydrogen (secondary N) is 1. The van der Waals surface area contributed by atoms with Crippen molar-refractivity contribution in [2.24, 2.45) is 0 Å². The second kappa shape index (κ2) is 6.09. The zero-order chi connectivity index (χ0) is 14.7. The largest absolute Gasteiger partial charge is 0.306 e. The molecule has 1 unspecified atom stereocenters. The van der Waals surface area contributed by atoms with E-state index in [1.165, 1.54) is 30.3 Å². The van der Waals surface area contributed by atoms with E-state index in [2.05, 4.69) is 5.32 Å². The molecule has 0 amide bonds. The van der Waals surface area contributed by atoms with Gasteiger partial charge in [-0.15, -0.1) is 0 Å². The van der Waals surface area contributed by atoms with Crippen molar-refractivity contribution in [1.82, 2.24) is 5.32 Å². The monoisotopic (exact) mass is 279 g/mol. The fraction of sp³-hybridized carbons (Fsp3) is 0.250. The summed E-state index contributed by atoms with van der Waals surface area (Å²) in [4.78, 5) is 0. The molecule has 0 saturated carbocycles. The Morgan fingerprint density at radius 2 is 1.85 bits per heavy atom. The molecule has 0 fully saturated rings. The highest BCUT2D eigenvalue weighted by atomic mass is 19.1. The SMILES string of the molecule is CCNC(c1cccc(F)c1)c1c(F)ccc(C)c1F. The third kappa shape index (κ3) is 2.85. The molecular weight excluding hydrogens is 263 g/mol. The van der Waals surface area contributed by atoms with Crippen LogP contribution >= 0.6 is 0 Å². The van der Waals surface area contributed by atoms with Gasteiger partial charge in [-0.2, -0.15) is 0 Å². The maximum absolute atomic E-state index is 14.2. The molecule has 2 rings (SSSR count). The maximum atomic E-state index is 14.2. The molecule has 0 heterocycles. The Bertz CT molecular complexity index is 611. The Morgan fingerprint density at radius 3 is 2.50 bits per heavy atom. The summed E-state index contributed by atoms with van der Waals surface area (Å²) < 4.78 is 41.6. The lowest BCUT2D eigenvalue weighted by molar-refractivity contribution is 0.504. The normalized spacial score (nSPS) is 12.4. The van der Waals surface area contributed by atoms with Gasteiger partial charge in [-0.25, -0.2) is 13.2 Å². The van der Waals surface area contributed by atoms with Gasteiger partial charge >= 0.3 is 0 Å². The van der Waals surface area contributed by atoms with Gasteiger partial charge in [-0.05, 0) is 42.8 Å². The number of benzene rings is 2. The van der Waals surface area contributed by atoms with E-state index in [1.54, 1.807) is 13.0 Å². The van der Waals surface area contributed by atoms with Crippen LogP contribution in [0.5, 0.6) is 0 Å². The third-order valence-electron chi connectivity index (χ3n) is 3.20. The van der Waals surface area contributed by atoms with Gasteiger partial charge in [0.2, 0.25) is 0 Å². The van der Waals surface area contributed by atoms with Crippen LogP contribution in [0.1, 0.15) is 29.7 Å². The van der Waals surface area contributed by atoms with Crippen molar-refractivity contribution in [3.05, 3.63) is 70.5 Å². The first kappa shape index (κ1) is 14.6. The summed E-state index contributed by atoms with van der Waals surface area (Å²) in [7, 11) is 0. The summed E-state index contributed by atoms with van der Waals surface area (Å²) in [5.74, 6) is -1.66. The molecule has 0 aliphatic rings. The first-order valence-electron chi connectivity index (χ1n) is 6.48. The van der Waals surface area contributed by atoms with Crippen LogP contribution in [0, 0.1) is 24.4 Å². The van der Waals surface area contributed by atoms with Gasteiger partial charge in [0.1, 0.15) is 17.5 Å². The fourth-order valence-electron chi connectivity index (χ4n) is 2.22. The van der Waals surface area contributed by atoms with Gasteiger partial charge in [0, 0.05) is 5.56 Å². The minimum absolute atomic E-state index is 0.0718. The highest BCUT2D eigenvalue weighted by Crippen LogP contribution is 2.28. The Labute approximate surface area is 116 Å². The van der Waals surface area contributed by atoms with Gasteiger partial charge in [-0.1, -0.05) is 25.1 Å². The zero-order valence-electron chi connectivity index (χ0n) is 11.4. The number of aryl methyl sites for hydroxylation is 1. The minimum Gasteiger partial charge on any atom is -0.306 e. The minimum atomic E-state index is -0.712. The predicted octanol–water partition coefficient (Wildman–Crippen LogP) is 4.11. The zero-order valence-corrected chi connectivity index (χ0v) is 11.4. The van der Waals surface area contributed by atoms with Crippen LogP contribution in [-0.2, 0) is 0 Å². The Morgan fingerprint density at radius 1 is 1.10 bits per heavy atom. The Kier molecular flexibility index (Phi) is 4.45. The topological polar surface area (TPSA) is 12.0 Å². The van der Waals surface area contributed by atoms with Crippen LogP contribution in [-0.4, -0.2) is 6.54 Å². The van der Waals surface area contributed by atoms with Gasteiger partial charge in [0.05, 0.1) is 6.04 Å². The van der Waals surface area contributed by atoms with Crippen LogP contribution in [0.15, 0.2) is 36.4 Å². The molecule has 2 aromatic rings. The second-order valence-corrected chi connectivity index (χ2v) is 4.64. The second-order valence-electron chi connectivity index (χ2n) is 4.64. The van der Waals surface area contributed by atoms with E-state index < -0.39 is 23.5 Å². The maximum Gasteiger partial charge on any atom is 0.134 e. The van der Waals surface area contributed by atoms with E-state index in [9.17, 15) is 13.2 Å². The molecule has 1 nitrogen and oxygen atoms in total. The molecule has 4 heteroatoms. The summed E-state index contributed by atoms with van der Waals surface area (Å²) in [5, 5.41) is 3.00. The van der Waals surface area contributed by atoms with E-state index in [4.69, 9.17) is 0 Å². The summed E-state index contributed by atoms with van der Waals surface area (Å²) in [5.41, 5.74) is 0.786. The van der Waals surface area contributed by atoms with E-state index >= 15 is 0 Å². The first-order valence-corrected chi connectivity index (χ1v) is 6.48. The number of halogens is 3. The van der Waals surface area contributed by atoms with E-state index in [0.29, 0.717) is 17.7 Å². The average molecular weight is 279 g/mol. The molecular formula is C16H16F3N. The number of hydrogen-bond acceptors (Lipinski definition) is 1. The van der Waals surface area contributed by atoms with E-state index in [0.717, 1.165) is 0 Å². The average Bonchev–Trinajstić information content (AvgIpc) is 2.42. The Hall–Kier alpha value is -1.81. The van der Waals surface area contributed by atoms with Crippen molar-refractivity contribution < 1.29 is 13.2 Å². The number of hydrogen-bond donors (Lipinski definition) is 1. The van der Waals surface area contributed by atoms with Gasteiger partial charge in [-0.3, -0.25) is 0 Å². The first-order chi connectivity index (χ1) is 9.54. The summed E-state index contributed by atoms with van der Waals surface area (Å²) in [6.07, 6.45) is 0. The Balaban J connectivity index is 2.57. The highest BCUT2D eigenvalue weighted by Gasteiger charge is 2.22. The van der Waals surface area contributed by atoms with Crippen LogP contribution < -0.4 is 5.32 Å². The lowest BCUT2D eigenvalue weighted by atomic mass is 9.96. The van der Waals surface area contributed by atoms with Crippen molar-refractivity contribution in [2.75, 3.05) is 6.54 Å². The van der Waals surface area contributed by atoms with Crippen LogP contribution in [0.4, 0.5) is 13.2 Å². The predicted molar refractivity (Wildman–Crippen MR) is 73.0 cm³/mol. The molecule has 1 atom stereocenters. The summed E-state index contributed by atoms with van der Waals surface area (Å²) >= 11 is 0. The molecule has 0 aliphatic heterocycles. The molecule has 0 spiro atoms. The molecule has 0 aliphatic carbocycles. The molecule has 1 N–H and O–H groups in total. The molecule has 20 heavy (non-hydrogen) atoms. The van der Waals surface area contributed by atoms with Gasteiger partial charge in [0.25, 0.3) is 0 Å². The quantitative estimate of drug-likeness (QED) is 0.888. The van der Waals surface area contributed by atoms with Gasteiger partial charge < -0.3 is 5.32 Å². The lowest BCUT2D eigenvalue weighted by Crippen LogP contribution is -2.24. The molecule has 0 saturated heterocycles. The molecule has 0 radical (unpaired) electrons. The van der Waals surface area contributed by atoms with Crippen LogP contribution in [0.3, 0.4) is 0 Å². The van der Waals surface area contributed by atoms with Crippen molar-refractivity contribution in [3.8, 4) is 0 Å². The highest BCUT2D eigenvalue weighted by molar-refractivity contribution is 5.36. The summed E-state index contributed by atoms with van der Waals surface area (Å²) in [6.45, 7) is 3.92. The van der Waals surface area contributed by atoms with Crippen molar-refractivity contribution in [1.29, 1.82) is 0 Å². The molecule has 2 aromatic carbocycles. The number of rotatable bonds is 4. The van der Waals surface area contributed by atoms with E-state index in [-0.39, 0.29) is 5.56 Å².